The molecule has 0 unspecified atom stereocenters. The van der Waals surface area contributed by atoms with Crippen molar-refractivity contribution >= 4 is 0 Å². The molecule has 0 atom stereocenters. The van der Waals surface area contributed by atoms with E-state index in [4.69, 9.17) is 5.11 Å². The van der Waals surface area contributed by atoms with E-state index in [-0.39, 0.29) is 18.7 Å². The fourth-order valence-electron chi connectivity index (χ4n) is 0.892. The Kier molecular flexibility index (Phi) is 2.82. The lowest BCUT2D eigenvalue weighted by Crippen LogP contribution is -2.14. The van der Waals surface area contributed by atoms with Gasteiger partial charge in [0.05, 0.1) is 5.69 Å². The smallest absolute Gasteiger partial charge is 0.396 e. The predicted molar refractivity (Wildman–Crippen MR) is 37.8 cm³/mol. The molecule has 1 aromatic rings. The van der Waals surface area contributed by atoms with Crippen molar-refractivity contribution in [1.82, 2.24) is 9.97 Å². The van der Waals surface area contributed by atoms with Gasteiger partial charge in [0.25, 0.3) is 0 Å². The number of aliphatic hydroxyl groups is 1. The Balaban J connectivity index is 3.05. The van der Waals surface area contributed by atoms with Crippen LogP contribution in [0.5, 0.6) is 0 Å². The van der Waals surface area contributed by atoms with Crippen LogP contribution in [0.25, 0.3) is 0 Å². The standard InChI is InChI=1S/C7H7F3N2O/c8-7(9,10)6-5(1-4-13)11-2-3-12-6/h2-3,13H,1,4H2. The topological polar surface area (TPSA) is 46.0 Å². The molecule has 3 nitrogen and oxygen atoms in total. The summed E-state index contributed by atoms with van der Waals surface area (Å²) in [6.07, 6.45) is -2.49. The van der Waals surface area contributed by atoms with Crippen molar-refractivity contribution in [3.63, 3.8) is 0 Å². The molecule has 1 heterocycles. The van der Waals surface area contributed by atoms with Crippen LogP contribution in [-0.2, 0) is 12.6 Å². The Labute approximate surface area is 72.3 Å². The zero-order valence-electron chi connectivity index (χ0n) is 6.54. The van der Waals surface area contributed by atoms with Crippen LogP contribution in [0.3, 0.4) is 0 Å². The molecule has 13 heavy (non-hydrogen) atoms. The lowest BCUT2D eigenvalue weighted by atomic mass is 10.2. The van der Waals surface area contributed by atoms with Crippen molar-refractivity contribution in [1.29, 1.82) is 0 Å². The van der Waals surface area contributed by atoms with Crippen LogP contribution in [0.1, 0.15) is 11.4 Å². The molecule has 0 amide bonds. The highest BCUT2D eigenvalue weighted by atomic mass is 19.4. The number of halogens is 3. The van der Waals surface area contributed by atoms with Gasteiger partial charge in [0, 0.05) is 25.4 Å². The molecule has 72 valence electrons. The third-order valence-electron chi connectivity index (χ3n) is 1.39. The summed E-state index contributed by atoms with van der Waals surface area (Å²) in [4.78, 5) is 6.66. The molecule has 0 aliphatic rings. The molecule has 1 rings (SSSR count). The molecule has 1 aromatic heterocycles. The van der Waals surface area contributed by atoms with Crippen molar-refractivity contribution < 1.29 is 18.3 Å². The Bertz CT molecular complexity index is 287. The van der Waals surface area contributed by atoms with Crippen LogP contribution in [0.4, 0.5) is 13.2 Å². The van der Waals surface area contributed by atoms with Gasteiger partial charge < -0.3 is 5.11 Å². The van der Waals surface area contributed by atoms with E-state index in [0.717, 1.165) is 6.20 Å². The monoisotopic (exact) mass is 192 g/mol. The molecule has 0 spiro atoms. The summed E-state index contributed by atoms with van der Waals surface area (Å²) < 4.78 is 36.6. The molecule has 0 saturated carbocycles. The molecule has 0 aliphatic carbocycles. The molecular formula is C7H7F3N2O. The zero-order valence-corrected chi connectivity index (χ0v) is 6.54. The summed E-state index contributed by atoms with van der Waals surface area (Å²) in [5.74, 6) is 0. The van der Waals surface area contributed by atoms with Gasteiger partial charge in [0.2, 0.25) is 0 Å². The third kappa shape index (κ3) is 2.38. The second kappa shape index (κ2) is 3.69. The number of alkyl halides is 3. The van der Waals surface area contributed by atoms with E-state index in [1.807, 2.05) is 0 Å². The minimum atomic E-state index is -4.50. The molecular weight excluding hydrogens is 185 g/mol. The lowest BCUT2D eigenvalue weighted by Gasteiger charge is -2.08. The first-order valence-electron chi connectivity index (χ1n) is 3.53. The van der Waals surface area contributed by atoms with Gasteiger partial charge in [-0.2, -0.15) is 13.2 Å². The van der Waals surface area contributed by atoms with Gasteiger partial charge in [0.1, 0.15) is 0 Å². The van der Waals surface area contributed by atoms with E-state index in [1.165, 1.54) is 6.20 Å². The van der Waals surface area contributed by atoms with Crippen LogP contribution >= 0.6 is 0 Å². The molecule has 0 fully saturated rings. The van der Waals surface area contributed by atoms with Crippen LogP contribution in [0.2, 0.25) is 0 Å². The summed E-state index contributed by atoms with van der Waals surface area (Å²) in [6, 6.07) is 0. The molecule has 0 bridgehead atoms. The molecule has 6 heteroatoms. The van der Waals surface area contributed by atoms with E-state index < -0.39 is 11.9 Å². The van der Waals surface area contributed by atoms with Crippen molar-refractivity contribution in [3.8, 4) is 0 Å². The molecule has 1 N–H and O–H groups in total. The first-order chi connectivity index (χ1) is 6.05. The number of aliphatic hydroxyl groups excluding tert-OH is 1. The Morgan fingerprint density at radius 2 is 1.85 bits per heavy atom. The molecule has 0 aromatic carbocycles. The highest BCUT2D eigenvalue weighted by Gasteiger charge is 2.35. The van der Waals surface area contributed by atoms with E-state index in [0.29, 0.717) is 0 Å². The van der Waals surface area contributed by atoms with Crippen molar-refractivity contribution in [2.75, 3.05) is 6.61 Å². The number of aromatic nitrogens is 2. The molecule has 0 aliphatic heterocycles. The van der Waals surface area contributed by atoms with Crippen molar-refractivity contribution in [2.45, 2.75) is 12.6 Å². The number of hydrogen-bond donors (Lipinski definition) is 1. The maximum absolute atomic E-state index is 12.2. The molecule has 0 saturated heterocycles. The number of rotatable bonds is 2. The number of hydrogen-bond acceptors (Lipinski definition) is 3. The Morgan fingerprint density at radius 3 is 2.38 bits per heavy atom. The minimum absolute atomic E-state index is 0.136. The normalized spacial score (nSPS) is 11.7. The van der Waals surface area contributed by atoms with E-state index in [1.54, 1.807) is 0 Å². The summed E-state index contributed by atoms with van der Waals surface area (Å²) in [5.41, 5.74) is -1.25. The maximum Gasteiger partial charge on any atom is 0.435 e. The predicted octanol–water partition coefficient (Wildman–Crippen LogP) is 1.03. The van der Waals surface area contributed by atoms with Gasteiger partial charge in [-0.25, -0.2) is 4.98 Å². The van der Waals surface area contributed by atoms with Crippen LogP contribution in [-0.4, -0.2) is 21.7 Å². The third-order valence-corrected chi connectivity index (χ3v) is 1.39. The highest BCUT2D eigenvalue weighted by Crippen LogP contribution is 2.29. The quantitative estimate of drug-likeness (QED) is 0.761. The van der Waals surface area contributed by atoms with Crippen LogP contribution in [0, 0.1) is 0 Å². The summed E-state index contributed by atoms with van der Waals surface area (Å²) in [6.45, 7) is -0.373. The van der Waals surface area contributed by atoms with Crippen LogP contribution in [0.15, 0.2) is 12.4 Å². The SMILES string of the molecule is OCCc1nccnc1C(F)(F)F. The van der Waals surface area contributed by atoms with Gasteiger partial charge in [-0.3, -0.25) is 4.98 Å². The Morgan fingerprint density at radius 1 is 1.23 bits per heavy atom. The average molecular weight is 192 g/mol. The first-order valence-corrected chi connectivity index (χ1v) is 3.53. The fourth-order valence-corrected chi connectivity index (χ4v) is 0.892. The van der Waals surface area contributed by atoms with E-state index in [9.17, 15) is 13.2 Å². The first kappa shape index (κ1) is 9.91. The summed E-state index contributed by atoms with van der Waals surface area (Å²) in [5, 5.41) is 8.47. The largest absolute Gasteiger partial charge is 0.435 e. The van der Waals surface area contributed by atoms with E-state index in [2.05, 4.69) is 9.97 Å². The van der Waals surface area contributed by atoms with Gasteiger partial charge in [-0.05, 0) is 0 Å². The van der Waals surface area contributed by atoms with Crippen molar-refractivity contribution in [2.24, 2.45) is 0 Å². The summed E-state index contributed by atoms with van der Waals surface area (Å²) >= 11 is 0. The van der Waals surface area contributed by atoms with Crippen molar-refractivity contribution in [3.05, 3.63) is 23.8 Å². The molecule has 0 radical (unpaired) electrons. The van der Waals surface area contributed by atoms with Gasteiger partial charge >= 0.3 is 6.18 Å². The maximum atomic E-state index is 12.2. The summed E-state index contributed by atoms with van der Waals surface area (Å²) in [7, 11) is 0. The van der Waals surface area contributed by atoms with Gasteiger partial charge in [-0.1, -0.05) is 0 Å². The second-order valence-electron chi connectivity index (χ2n) is 2.32. The fraction of sp³-hybridized carbons (Fsp3) is 0.429. The van der Waals surface area contributed by atoms with Crippen LogP contribution < -0.4 is 0 Å². The second-order valence-corrected chi connectivity index (χ2v) is 2.32. The van der Waals surface area contributed by atoms with Gasteiger partial charge in [-0.15, -0.1) is 0 Å². The highest BCUT2D eigenvalue weighted by molar-refractivity contribution is 5.14. The lowest BCUT2D eigenvalue weighted by molar-refractivity contribution is -0.142. The number of nitrogens with zero attached hydrogens (tertiary/aromatic N) is 2. The zero-order chi connectivity index (χ0) is 9.90. The van der Waals surface area contributed by atoms with E-state index >= 15 is 0 Å². The van der Waals surface area contributed by atoms with Gasteiger partial charge in [0.15, 0.2) is 5.69 Å². The minimum Gasteiger partial charge on any atom is -0.396 e. The Hall–Kier alpha value is -1.17. The average Bonchev–Trinajstić information content (AvgIpc) is 2.04.